The molecule has 0 aliphatic carbocycles. The van der Waals surface area contributed by atoms with E-state index in [0.717, 1.165) is 30.0 Å². The first-order valence-electron chi connectivity index (χ1n) is 4.55. The Morgan fingerprint density at radius 1 is 1.50 bits per heavy atom. The molecule has 2 rings (SSSR count). The Bertz CT molecular complexity index is 494. The van der Waals surface area contributed by atoms with Crippen LogP contribution in [-0.2, 0) is 13.5 Å². The van der Waals surface area contributed by atoms with Crippen molar-refractivity contribution in [1.29, 1.82) is 0 Å². The Hall–Kier alpha value is -1.65. The van der Waals surface area contributed by atoms with E-state index in [9.17, 15) is 4.79 Å². The fourth-order valence-corrected chi connectivity index (χ4v) is 1.57. The fraction of sp³-hybridized carbons (Fsp3) is 0.444. The second-order valence-corrected chi connectivity index (χ2v) is 3.24. The largest absolute Gasteiger partial charge is 0.300 e. The fourth-order valence-electron chi connectivity index (χ4n) is 1.57. The molecular formula is C9H12N4O. The van der Waals surface area contributed by atoms with E-state index >= 15 is 0 Å². The first-order chi connectivity index (χ1) is 6.69. The lowest BCUT2D eigenvalue weighted by atomic mass is 10.4. The minimum absolute atomic E-state index is 0.537. The molecule has 5 heteroatoms. The van der Waals surface area contributed by atoms with Crippen molar-refractivity contribution in [1.82, 2.24) is 19.2 Å². The van der Waals surface area contributed by atoms with Crippen molar-refractivity contribution in [2.24, 2.45) is 7.05 Å². The first kappa shape index (κ1) is 8.93. The summed E-state index contributed by atoms with van der Waals surface area (Å²) >= 11 is 0. The molecule has 0 radical (unpaired) electrons. The predicted octanol–water partition coefficient (Wildman–Crippen LogP) is 0.751. The average molecular weight is 192 g/mol. The van der Waals surface area contributed by atoms with Crippen LogP contribution in [0.2, 0.25) is 0 Å². The summed E-state index contributed by atoms with van der Waals surface area (Å²) in [4.78, 5) is 15.1. The lowest BCUT2D eigenvalue weighted by molar-refractivity contribution is 0.111. The number of carbonyl (C=O) groups excluding carboxylic acids is 1. The summed E-state index contributed by atoms with van der Waals surface area (Å²) in [5.74, 6) is 1.65. The molecule has 0 amide bonds. The van der Waals surface area contributed by atoms with Gasteiger partial charge in [0.05, 0.1) is 5.69 Å². The summed E-state index contributed by atoms with van der Waals surface area (Å²) < 4.78 is 3.50. The van der Waals surface area contributed by atoms with Crippen molar-refractivity contribution in [2.45, 2.75) is 20.3 Å². The van der Waals surface area contributed by atoms with Gasteiger partial charge in [0.25, 0.3) is 0 Å². The summed E-state index contributed by atoms with van der Waals surface area (Å²) in [6.07, 6.45) is 1.62. The zero-order valence-electron chi connectivity index (χ0n) is 8.48. The van der Waals surface area contributed by atoms with E-state index in [-0.39, 0.29) is 0 Å². The van der Waals surface area contributed by atoms with Gasteiger partial charge in [-0.15, -0.1) is 0 Å². The van der Waals surface area contributed by atoms with Gasteiger partial charge in [0.2, 0.25) is 5.78 Å². The van der Waals surface area contributed by atoms with Gasteiger partial charge in [0, 0.05) is 13.5 Å². The van der Waals surface area contributed by atoms with Crippen LogP contribution in [0.15, 0.2) is 0 Å². The Morgan fingerprint density at radius 3 is 2.79 bits per heavy atom. The van der Waals surface area contributed by atoms with Crippen LogP contribution < -0.4 is 0 Å². The van der Waals surface area contributed by atoms with Crippen LogP contribution in [0.3, 0.4) is 0 Å². The molecule has 0 bridgehead atoms. The van der Waals surface area contributed by atoms with Gasteiger partial charge in [-0.1, -0.05) is 6.92 Å². The number of rotatable bonds is 2. The maximum atomic E-state index is 10.8. The Labute approximate surface area is 81.4 Å². The van der Waals surface area contributed by atoms with Crippen LogP contribution in [-0.4, -0.2) is 25.5 Å². The third-order valence-electron chi connectivity index (χ3n) is 2.39. The van der Waals surface area contributed by atoms with E-state index in [1.807, 2.05) is 25.5 Å². The van der Waals surface area contributed by atoms with E-state index < -0.39 is 0 Å². The van der Waals surface area contributed by atoms with E-state index in [1.54, 1.807) is 4.52 Å². The zero-order valence-corrected chi connectivity index (χ0v) is 8.48. The van der Waals surface area contributed by atoms with Crippen molar-refractivity contribution < 1.29 is 4.79 Å². The Kier molecular flexibility index (Phi) is 1.87. The minimum Gasteiger partial charge on any atom is -0.300 e. The highest BCUT2D eigenvalue weighted by atomic mass is 16.1. The molecule has 0 aliphatic rings. The van der Waals surface area contributed by atoms with Crippen molar-refractivity contribution in [3.63, 3.8) is 0 Å². The SMILES string of the molecule is CCc1nn2c(C=O)c(C)nc2n1C. The molecule has 0 saturated heterocycles. The van der Waals surface area contributed by atoms with Crippen LogP contribution >= 0.6 is 0 Å². The molecular weight excluding hydrogens is 180 g/mol. The van der Waals surface area contributed by atoms with Crippen molar-refractivity contribution in [3.8, 4) is 0 Å². The topological polar surface area (TPSA) is 52.2 Å². The van der Waals surface area contributed by atoms with Gasteiger partial charge in [0.15, 0.2) is 6.29 Å². The summed E-state index contributed by atoms with van der Waals surface area (Å²) in [5, 5.41) is 4.31. The maximum Gasteiger partial charge on any atom is 0.232 e. The maximum absolute atomic E-state index is 10.8. The number of aryl methyl sites for hydroxylation is 3. The molecule has 74 valence electrons. The second kappa shape index (κ2) is 2.94. The Balaban J connectivity index is 2.82. The molecule has 0 atom stereocenters. The molecule has 0 aliphatic heterocycles. The van der Waals surface area contributed by atoms with Gasteiger partial charge in [-0.3, -0.25) is 4.79 Å². The second-order valence-electron chi connectivity index (χ2n) is 3.24. The molecule has 0 unspecified atom stereocenters. The number of fused-ring (bicyclic) bond motifs is 1. The van der Waals surface area contributed by atoms with Crippen LogP contribution in [0, 0.1) is 6.92 Å². The van der Waals surface area contributed by atoms with Gasteiger partial charge in [-0.25, -0.2) is 4.98 Å². The summed E-state index contributed by atoms with van der Waals surface area (Å²) in [7, 11) is 1.90. The molecule has 2 aromatic heterocycles. The predicted molar refractivity (Wildman–Crippen MR) is 51.5 cm³/mol. The van der Waals surface area contributed by atoms with E-state index in [1.165, 1.54) is 0 Å². The molecule has 5 nitrogen and oxygen atoms in total. The lowest BCUT2D eigenvalue weighted by Crippen LogP contribution is -1.97. The number of hydrogen-bond acceptors (Lipinski definition) is 3. The van der Waals surface area contributed by atoms with Crippen LogP contribution in [0.4, 0.5) is 0 Å². The molecule has 0 spiro atoms. The number of carbonyl (C=O) groups is 1. The van der Waals surface area contributed by atoms with Gasteiger partial charge < -0.3 is 4.57 Å². The number of aldehydes is 1. The highest BCUT2D eigenvalue weighted by Crippen LogP contribution is 2.10. The highest BCUT2D eigenvalue weighted by Gasteiger charge is 2.14. The van der Waals surface area contributed by atoms with Crippen LogP contribution in [0.25, 0.3) is 5.78 Å². The summed E-state index contributed by atoms with van der Waals surface area (Å²) in [6, 6.07) is 0. The first-order valence-corrected chi connectivity index (χ1v) is 4.55. The monoisotopic (exact) mass is 192 g/mol. The number of imidazole rings is 1. The van der Waals surface area contributed by atoms with Gasteiger partial charge >= 0.3 is 0 Å². The molecule has 0 saturated carbocycles. The van der Waals surface area contributed by atoms with E-state index in [0.29, 0.717) is 5.69 Å². The van der Waals surface area contributed by atoms with Gasteiger partial charge in [0.1, 0.15) is 11.5 Å². The molecule has 0 fully saturated rings. The Morgan fingerprint density at radius 2 is 2.21 bits per heavy atom. The molecule has 2 heterocycles. The van der Waals surface area contributed by atoms with E-state index in [2.05, 4.69) is 10.1 Å². The molecule has 0 aromatic carbocycles. The van der Waals surface area contributed by atoms with Crippen molar-refractivity contribution in [2.75, 3.05) is 0 Å². The zero-order chi connectivity index (χ0) is 10.3. The number of aromatic nitrogens is 4. The average Bonchev–Trinajstić information content (AvgIpc) is 2.63. The highest BCUT2D eigenvalue weighted by molar-refractivity contribution is 5.75. The number of nitrogens with zero attached hydrogens (tertiary/aromatic N) is 4. The minimum atomic E-state index is 0.537. The van der Waals surface area contributed by atoms with Gasteiger partial charge in [-0.2, -0.15) is 9.61 Å². The quantitative estimate of drug-likeness (QED) is 0.660. The number of hydrogen-bond donors (Lipinski definition) is 0. The van der Waals surface area contributed by atoms with E-state index in [4.69, 9.17) is 0 Å². The lowest BCUT2D eigenvalue weighted by Gasteiger charge is -1.93. The normalized spacial score (nSPS) is 11.1. The standard InChI is InChI=1S/C9H12N4O/c1-4-8-11-13-7(5-14)6(2)10-9(13)12(8)3/h5H,4H2,1-3H3. The van der Waals surface area contributed by atoms with Crippen molar-refractivity contribution >= 4 is 12.1 Å². The molecule has 0 N–H and O–H groups in total. The third-order valence-corrected chi connectivity index (χ3v) is 2.39. The smallest absolute Gasteiger partial charge is 0.232 e. The van der Waals surface area contributed by atoms with Crippen LogP contribution in [0.5, 0.6) is 0 Å². The molecule has 2 aromatic rings. The summed E-state index contributed by atoms with van der Waals surface area (Å²) in [6.45, 7) is 3.83. The third kappa shape index (κ3) is 0.982. The van der Waals surface area contributed by atoms with Gasteiger partial charge in [-0.05, 0) is 6.92 Å². The summed E-state index contributed by atoms with van der Waals surface area (Å²) in [5.41, 5.74) is 1.26. The van der Waals surface area contributed by atoms with Crippen molar-refractivity contribution in [3.05, 3.63) is 17.2 Å². The molecule has 14 heavy (non-hydrogen) atoms. The van der Waals surface area contributed by atoms with Crippen LogP contribution in [0.1, 0.15) is 28.9 Å².